The van der Waals surface area contributed by atoms with Crippen LogP contribution in [0.1, 0.15) is 79.5 Å². The molecule has 1 aliphatic carbocycles. The van der Waals surface area contributed by atoms with E-state index in [1.165, 1.54) is 23.5 Å². The lowest BCUT2D eigenvalue weighted by Crippen LogP contribution is -2.59. The monoisotopic (exact) mass is 866 g/mol. The van der Waals surface area contributed by atoms with Crippen molar-refractivity contribution in [3.05, 3.63) is 96.1 Å². The minimum Gasteiger partial charge on any atom is -0.349 e. The third-order valence-corrected chi connectivity index (χ3v) is 11.2. The van der Waals surface area contributed by atoms with Crippen molar-refractivity contribution < 1.29 is 38.4 Å². The number of hydrogen-bond acceptors (Lipinski definition) is 11. The van der Waals surface area contributed by atoms with E-state index in [0.717, 1.165) is 24.8 Å². The predicted octanol–water partition coefficient (Wildman–Crippen LogP) is 0.503. The highest BCUT2D eigenvalue weighted by Crippen LogP contribution is 2.27. The van der Waals surface area contributed by atoms with Crippen LogP contribution < -0.4 is 37.2 Å². The first-order chi connectivity index (χ1) is 30.4. The summed E-state index contributed by atoms with van der Waals surface area (Å²) in [6.07, 6.45) is 9.04. The minimum absolute atomic E-state index is 0.0563. The van der Waals surface area contributed by atoms with Gasteiger partial charge in [-0.3, -0.25) is 43.3 Å². The summed E-state index contributed by atoms with van der Waals surface area (Å²) in [7, 11) is 3.10. The summed E-state index contributed by atoms with van der Waals surface area (Å²) in [6, 6.07) is 12.7. The summed E-state index contributed by atoms with van der Waals surface area (Å²) in [5.74, 6) is -6.38. The van der Waals surface area contributed by atoms with E-state index in [9.17, 15) is 38.4 Å². The molecule has 7 N–H and O–H groups in total. The third-order valence-electron chi connectivity index (χ3n) is 11.2. The SMILES string of the molecule is CCC[C@H](NC(=O)[C@@H]1CNC[C@@H]1NC(=O)[C@H](Cc1ccccc1)NC(=O)[C@@H](NC(=O)c1cnccn1)C1CCCCC1)C(=O)C(=O)NCC(=O)N[C@H](C(=O)N(C)C)c1ccccc1. The molecule has 1 aliphatic heterocycles. The predicted molar refractivity (Wildman–Crippen MR) is 231 cm³/mol. The lowest BCUT2D eigenvalue weighted by atomic mass is 9.83. The van der Waals surface area contributed by atoms with Crippen molar-refractivity contribution in [2.45, 2.75) is 88.5 Å². The Kier molecular flexibility index (Phi) is 17.8. The molecule has 1 aromatic heterocycles. The lowest BCUT2D eigenvalue weighted by molar-refractivity contribution is -0.141. The Morgan fingerprint density at radius 3 is 2.14 bits per heavy atom. The standard InChI is InChI=1S/C45H58N10O8/c1-4-14-32(39(57)44(62)49-27-36(56)53-38(45(63)55(2)3)30-19-12-7-13-20-30)50-40(58)31-24-47-25-34(31)52-41(59)33(23-28-15-8-5-9-16-28)51-43(61)37(29-17-10-6-11-18-29)54-42(60)35-26-46-21-22-48-35/h5,7-9,12-13,15-16,19-22,26,29,31-34,37-38,47H,4,6,10-11,14,17-18,23-25,27H2,1-3H3,(H,49,62)(H,50,58)(H,51,61)(H,52,59)(H,53,56)(H,54,60)/t31-,32+,33+,34+,37+,38+/m1/s1. The quantitative estimate of drug-likeness (QED) is 0.0771. The molecule has 7 amide bonds. The van der Waals surface area contributed by atoms with Crippen molar-refractivity contribution >= 4 is 47.1 Å². The molecule has 3 aromatic rings. The van der Waals surface area contributed by atoms with Crippen molar-refractivity contribution in [2.24, 2.45) is 11.8 Å². The Bertz CT molecular complexity index is 2050. The van der Waals surface area contributed by atoms with Gasteiger partial charge in [0.25, 0.3) is 11.8 Å². The summed E-state index contributed by atoms with van der Waals surface area (Å²) in [5, 5.41) is 19.4. The summed E-state index contributed by atoms with van der Waals surface area (Å²) in [5.41, 5.74) is 1.36. The van der Waals surface area contributed by atoms with Gasteiger partial charge in [-0.1, -0.05) is 93.3 Å². The zero-order valence-electron chi connectivity index (χ0n) is 35.9. The highest BCUT2D eigenvalue weighted by molar-refractivity contribution is 6.38. The number of aromatic nitrogens is 2. The maximum Gasteiger partial charge on any atom is 0.290 e. The smallest absolute Gasteiger partial charge is 0.290 e. The largest absolute Gasteiger partial charge is 0.349 e. The number of ketones is 1. The molecule has 0 spiro atoms. The zero-order chi connectivity index (χ0) is 45.3. The van der Waals surface area contributed by atoms with Crippen LogP contribution in [0.5, 0.6) is 0 Å². The van der Waals surface area contributed by atoms with E-state index in [1.54, 1.807) is 51.4 Å². The fraction of sp³-hybridized carbons (Fsp3) is 0.467. The van der Waals surface area contributed by atoms with Gasteiger partial charge in [0.05, 0.1) is 30.7 Å². The molecule has 6 atom stereocenters. The molecule has 2 fully saturated rings. The van der Waals surface area contributed by atoms with Gasteiger partial charge in [0.2, 0.25) is 35.3 Å². The van der Waals surface area contributed by atoms with E-state index in [0.29, 0.717) is 24.8 Å². The number of amides is 7. The van der Waals surface area contributed by atoms with Crippen LogP contribution in [0, 0.1) is 11.8 Å². The Morgan fingerprint density at radius 2 is 1.49 bits per heavy atom. The van der Waals surface area contributed by atoms with Crippen LogP contribution in [-0.4, -0.2) is 120 Å². The Balaban J connectivity index is 1.23. The second-order valence-corrected chi connectivity index (χ2v) is 16.1. The van der Waals surface area contributed by atoms with E-state index in [1.807, 2.05) is 30.3 Å². The average molecular weight is 867 g/mol. The maximum atomic E-state index is 14.2. The zero-order valence-corrected chi connectivity index (χ0v) is 35.9. The van der Waals surface area contributed by atoms with Gasteiger partial charge in [-0.15, -0.1) is 0 Å². The van der Waals surface area contributed by atoms with Crippen molar-refractivity contribution in [1.82, 2.24) is 52.1 Å². The van der Waals surface area contributed by atoms with E-state index >= 15 is 0 Å². The number of carbonyl (C=O) groups is 8. The van der Waals surface area contributed by atoms with Crippen LogP contribution >= 0.6 is 0 Å². The molecule has 5 rings (SSSR count). The number of nitrogens with one attached hydrogen (secondary N) is 7. The van der Waals surface area contributed by atoms with Gasteiger partial charge in [-0.2, -0.15) is 0 Å². The molecule has 2 aromatic carbocycles. The molecule has 2 aliphatic rings. The lowest BCUT2D eigenvalue weighted by Gasteiger charge is -2.31. The number of likely N-dealkylation sites (N-methyl/N-ethyl adjacent to an activating group) is 1. The van der Waals surface area contributed by atoms with E-state index < -0.39 is 83.9 Å². The molecule has 0 bridgehead atoms. The molecule has 1 saturated carbocycles. The Morgan fingerprint density at radius 1 is 0.794 bits per heavy atom. The average Bonchev–Trinajstić information content (AvgIpc) is 3.77. The molecule has 18 heteroatoms. The second kappa shape index (κ2) is 23.6. The van der Waals surface area contributed by atoms with Gasteiger partial charge in [0, 0.05) is 46.0 Å². The van der Waals surface area contributed by atoms with Gasteiger partial charge in [0.1, 0.15) is 23.8 Å². The first-order valence-corrected chi connectivity index (χ1v) is 21.5. The molecule has 18 nitrogen and oxygen atoms in total. The molecule has 0 radical (unpaired) electrons. The van der Waals surface area contributed by atoms with Crippen LogP contribution in [0.2, 0.25) is 0 Å². The number of Topliss-reactive ketones (excluding diaryl/α,β-unsaturated/α-hetero) is 1. The molecular formula is C45H58N10O8. The van der Waals surface area contributed by atoms with Crippen molar-refractivity contribution in [2.75, 3.05) is 33.7 Å². The molecule has 336 valence electrons. The van der Waals surface area contributed by atoms with Crippen molar-refractivity contribution in [1.29, 1.82) is 0 Å². The number of hydrogen-bond donors (Lipinski definition) is 7. The number of benzene rings is 2. The molecule has 63 heavy (non-hydrogen) atoms. The second-order valence-electron chi connectivity index (χ2n) is 16.1. The normalized spacial score (nSPS) is 18.0. The highest BCUT2D eigenvalue weighted by Gasteiger charge is 2.39. The molecule has 2 heterocycles. The van der Waals surface area contributed by atoms with Gasteiger partial charge in [-0.25, -0.2) is 4.98 Å². The summed E-state index contributed by atoms with van der Waals surface area (Å²) >= 11 is 0. The van der Waals surface area contributed by atoms with E-state index in [4.69, 9.17) is 0 Å². The van der Waals surface area contributed by atoms with Gasteiger partial charge in [-0.05, 0) is 36.3 Å². The number of rotatable bonds is 20. The topological polar surface area (TPSA) is 250 Å². The van der Waals surface area contributed by atoms with Gasteiger partial charge >= 0.3 is 0 Å². The van der Waals surface area contributed by atoms with Crippen LogP contribution in [0.3, 0.4) is 0 Å². The Labute approximate surface area is 366 Å². The van der Waals surface area contributed by atoms with Crippen molar-refractivity contribution in [3.63, 3.8) is 0 Å². The third kappa shape index (κ3) is 13.7. The first kappa shape index (κ1) is 47.5. The molecular weight excluding hydrogens is 809 g/mol. The first-order valence-electron chi connectivity index (χ1n) is 21.5. The summed E-state index contributed by atoms with van der Waals surface area (Å²) in [6.45, 7) is 1.54. The van der Waals surface area contributed by atoms with Crippen LogP contribution in [0.4, 0.5) is 0 Å². The Hall–Kier alpha value is -6.56. The number of carbonyl (C=O) groups excluding carboxylic acids is 8. The maximum absolute atomic E-state index is 14.2. The fourth-order valence-electron chi connectivity index (χ4n) is 7.85. The van der Waals surface area contributed by atoms with E-state index in [2.05, 4.69) is 47.2 Å². The van der Waals surface area contributed by atoms with Gasteiger partial charge in [0.15, 0.2) is 0 Å². The number of nitrogens with zero attached hydrogens (tertiary/aromatic N) is 3. The highest BCUT2D eigenvalue weighted by atomic mass is 16.2. The van der Waals surface area contributed by atoms with Crippen LogP contribution in [0.25, 0.3) is 0 Å². The van der Waals surface area contributed by atoms with Crippen molar-refractivity contribution in [3.8, 4) is 0 Å². The summed E-state index contributed by atoms with van der Waals surface area (Å²) in [4.78, 5) is 117. The van der Waals surface area contributed by atoms with E-state index in [-0.39, 0.29) is 43.5 Å². The van der Waals surface area contributed by atoms with Gasteiger partial charge < -0.3 is 42.1 Å². The summed E-state index contributed by atoms with van der Waals surface area (Å²) < 4.78 is 0. The minimum atomic E-state index is -1.23. The van der Waals surface area contributed by atoms with Crippen LogP contribution in [0.15, 0.2) is 79.3 Å². The fourth-order valence-corrected chi connectivity index (χ4v) is 7.85. The molecule has 1 saturated heterocycles. The molecule has 0 unspecified atom stereocenters. The van der Waals surface area contributed by atoms with Crippen LogP contribution in [-0.2, 0) is 40.0 Å².